The molecule has 2 rings (SSSR count). The van der Waals surface area contributed by atoms with E-state index in [0.29, 0.717) is 0 Å². The fraction of sp³-hybridized carbons (Fsp3) is 0.133. The zero-order valence-corrected chi connectivity index (χ0v) is 12.7. The van der Waals surface area contributed by atoms with Gasteiger partial charge in [0.05, 0.1) is 10.5 Å². The third-order valence-corrected chi connectivity index (χ3v) is 4.35. The second-order valence-corrected chi connectivity index (χ2v) is 6.26. The summed E-state index contributed by atoms with van der Waals surface area (Å²) in [6.45, 7) is 1.97. The lowest BCUT2D eigenvalue weighted by Crippen LogP contribution is -2.41. The zero-order chi connectivity index (χ0) is 16.2. The van der Waals surface area contributed by atoms with E-state index in [2.05, 4.69) is 5.43 Å². The van der Waals surface area contributed by atoms with Crippen LogP contribution in [0, 0.1) is 0 Å². The highest BCUT2D eigenvalue weighted by Gasteiger charge is 2.16. The lowest BCUT2D eigenvalue weighted by molar-refractivity contribution is 0.0942. The lowest BCUT2D eigenvalue weighted by atomic mass is 10.2. The Balaban J connectivity index is 2.09. The summed E-state index contributed by atoms with van der Waals surface area (Å²) in [4.78, 5) is 13.9. The molecule has 0 aliphatic heterocycles. The van der Waals surface area contributed by atoms with E-state index in [4.69, 9.17) is 0 Å². The molecular formula is C15H16N2O4S. The van der Waals surface area contributed by atoms with Crippen LogP contribution in [0.4, 0.5) is 0 Å². The minimum absolute atomic E-state index is 0.0217. The quantitative estimate of drug-likeness (QED) is 0.729. The van der Waals surface area contributed by atoms with Gasteiger partial charge in [0.1, 0.15) is 5.75 Å². The van der Waals surface area contributed by atoms with Gasteiger partial charge in [-0.3, -0.25) is 10.2 Å². The van der Waals surface area contributed by atoms with Gasteiger partial charge in [-0.25, -0.2) is 8.42 Å². The fourth-order valence-corrected chi connectivity index (χ4v) is 2.65. The lowest BCUT2D eigenvalue weighted by Gasteiger charge is -2.09. The number of phenols is 1. The number of rotatable bonds is 5. The number of carbonyl (C=O) groups excluding carboxylic acids is 1. The molecule has 7 heteroatoms. The number of benzene rings is 2. The monoisotopic (exact) mass is 320 g/mol. The standard InChI is InChI=1S/C15H16N2O4S/c1-2-11-7-9-12(10-8-11)22(20,21)17-16-15(19)13-5-3-4-6-14(13)18/h3-10,17-18H,2H2,1H3,(H,16,19). The van der Waals surface area contributed by atoms with E-state index in [1.165, 1.54) is 24.3 Å². The molecular weight excluding hydrogens is 304 g/mol. The van der Waals surface area contributed by atoms with E-state index in [0.717, 1.165) is 12.0 Å². The van der Waals surface area contributed by atoms with Gasteiger partial charge in [-0.2, -0.15) is 0 Å². The van der Waals surface area contributed by atoms with E-state index in [9.17, 15) is 18.3 Å². The molecule has 3 N–H and O–H groups in total. The van der Waals surface area contributed by atoms with Crippen molar-refractivity contribution in [1.29, 1.82) is 0 Å². The van der Waals surface area contributed by atoms with Gasteiger partial charge in [-0.05, 0) is 36.2 Å². The van der Waals surface area contributed by atoms with E-state index in [1.54, 1.807) is 24.3 Å². The topological polar surface area (TPSA) is 95.5 Å². The van der Waals surface area contributed by atoms with Crippen LogP contribution in [0.1, 0.15) is 22.8 Å². The molecule has 0 aliphatic carbocycles. The van der Waals surface area contributed by atoms with Crippen LogP contribution < -0.4 is 10.3 Å². The molecule has 0 saturated carbocycles. The van der Waals surface area contributed by atoms with Gasteiger partial charge >= 0.3 is 0 Å². The number of hydrogen-bond donors (Lipinski definition) is 3. The third kappa shape index (κ3) is 3.63. The number of aromatic hydroxyl groups is 1. The van der Waals surface area contributed by atoms with Gasteiger partial charge in [0.2, 0.25) is 0 Å². The molecule has 0 unspecified atom stereocenters. The van der Waals surface area contributed by atoms with Crippen LogP contribution in [0.15, 0.2) is 53.4 Å². The Morgan fingerprint density at radius 1 is 1.09 bits per heavy atom. The predicted octanol–water partition coefficient (Wildman–Crippen LogP) is 1.58. The number of hydrazine groups is 1. The SMILES string of the molecule is CCc1ccc(S(=O)(=O)NNC(=O)c2ccccc2O)cc1. The van der Waals surface area contributed by atoms with Crippen molar-refractivity contribution in [1.82, 2.24) is 10.3 Å². The first-order valence-corrected chi connectivity index (χ1v) is 8.11. The van der Waals surface area contributed by atoms with Gasteiger partial charge in [-0.1, -0.05) is 31.2 Å². The summed E-state index contributed by atoms with van der Waals surface area (Å²) in [6, 6.07) is 12.2. The number of hydrogen-bond acceptors (Lipinski definition) is 4. The molecule has 1 amide bonds. The second-order valence-electron chi connectivity index (χ2n) is 4.57. The van der Waals surface area contributed by atoms with Crippen LogP contribution in [-0.2, 0) is 16.4 Å². The number of phenolic OH excluding ortho intramolecular Hbond substituents is 1. The Morgan fingerprint density at radius 2 is 1.73 bits per heavy atom. The highest BCUT2D eigenvalue weighted by atomic mass is 32.2. The first-order chi connectivity index (χ1) is 10.4. The van der Waals surface area contributed by atoms with Crippen molar-refractivity contribution < 1.29 is 18.3 Å². The van der Waals surface area contributed by atoms with Crippen molar-refractivity contribution in [3.05, 3.63) is 59.7 Å². The Hall–Kier alpha value is -2.38. The van der Waals surface area contributed by atoms with Crippen molar-refractivity contribution in [2.75, 3.05) is 0 Å². The zero-order valence-electron chi connectivity index (χ0n) is 11.9. The fourth-order valence-electron chi connectivity index (χ4n) is 1.81. The third-order valence-electron chi connectivity index (χ3n) is 3.09. The molecule has 6 nitrogen and oxygen atoms in total. The predicted molar refractivity (Wildman–Crippen MR) is 81.7 cm³/mol. The van der Waals surface area contributed by atoms with E-state index >= 15 is 0 Å². The smallest absolute Gasteiger partial charge is 0.269 e. The molecule has 0 spiro atoms. The van der Waals surface area contributed by atoms with Gasteiger partial charge in [-0.15, -0.1) is 4.83 Å². The minimum Gasteiger partial charge on any atom is -0.507 e. The molecule has 116 valence electrons. The molecule has 2 aromatic carbocycles. The molecule has 0 heterocycles. The van der Waals surface area contributed by atoms with Crippen molar-refractivity contribution in [2.45, 2.75) is 18.2 Å². The maximum atomic E-state index is 12.1. The van der Waals surface area contributed by atoms with Crippen LogP contribution in [0.2, 0.25) is 0 Å². The summed E-state index contributed by atoms with van der Waals surface area (Å²) >= 11 is 0. The molecule has 0 aliphatic rings. The first kappa shape index (κ1) is 16.0. The maximum Gasteiger partial charge on any atom is 0.269 e. The van der Waals surface area contributed by atoms with Crippen molar-refractivity contribution in [3.8, 4) is 5.75 Å². The molecule has 0 bridgehead atoms. The summed E-state index contributed by atoms with van der Waals surface area (Å²) in [5.41, 5.74) is 3.06. The highest BCUT2D eigenvalue weighted by Crippen LogP contribution is 2.15. The van der Waals surface area contributed by atoms with Crippen LogP contribution in [0.25, 0.3) is 0 Å². The Kier molecular flexibility index (Phi) is 4.79. The van der Waals surface area contributed by atoms with Crippen molar-refractivity contribution in [3.63, 3.8) is 0 Å². The molecule has 0 fully saturated rings. The maximum absolute atomic E-state index is 12.1. The number of amides is 1. The van der Waals surface area contributed by atoms with Crippen LogP contribution in [0.3, 0.4) is 0 Å². The second kappa shape index (κ2) is 6.59. The van der Waals surface area contributed by atoms with Gasteiger partial charge in [0, 0.05) is 0 Å². The normalized spacial score (nSPS) is 11.1. The number of aryl methyl sites for hydroxylation is 1. The number of sulfonamides is 1. The van der Waals surface area contributed by atoms with Gasteiger partial charge < -0.3 is 5.11 Å². The Labute approximate surface area is 128 Å². The summed E-state index contributed by atoms with van der Waals surface area (Å²) in [6.07, 6.45) is 0.803. The van der Waals surface area contributed by atoms with Crippen LogP contribution >= 0.6 is 0 Å². The number of para-hydroxylation sites is 1. The summed E-state index contributed by atoms with van der Waals surface area (Å²) in [5, 5.41) is 9.55. The van der Waals surface area contributed by atoms with Crippen LogP contribution in [-0.4, -0.2) is 19.4 Å². The summed E-state index contributed by atoms with van der Waals surface area (Å²) in [7, 11) is -3.86. The Bertz CT molecular complexity index is 770. The largest absolute Gasteiger partial charge is 0.507 e. The molecule has 0 aromatic heterocycles. The molecule has 0 atom stereocenters. The van der Waals surface area contributed by atoms with Crippen molar-refractivity contribution in [2.24, 2.45) is 0 Å². The number of carbonyl (C=O) groups is 1. The first-order valence-electron chi connectivity index (χ1n) is 6.63. The summed E-state index contributed by atoms with van der Waals surface area (Å²) in [5.74, 6) is -0.974. The molecule has 0 radical (unpaired) electrons. The van der Waals surface area contributed by atoms with E-state index in [1.807, 2.05) is 11.8 Å². The number of nitrogens with one attached hydrogen (secondary N) is 2. The van der Waals surface area contributed by atoms with Gasteiger partial charge in [0.25, 0.3) is 15.9 Å². The molecule has 22 heavy (non-hydrogen) atoms. The minimum atomic E-state index is -3.86. The van der Waals surface area contributed by atoms with Crippen molar-refractivity contribution >= 4 is 15.9 Å². The average Bonchev–Trinajstić information content (AvgIpc) is 2.53. The Morgan fingerprint density at radius 3 is 2.32 bits per heavy atom. The summed E-state index contributed by atoms with van der Waals surface area (Å²) < 4.78 is 24.1. The molecule has 0 saturated heterocycles. The van der Waals surface area contributed by atoms with Gasteiger partial charge in [0.15, 0.2) is 0 Å². The van der Waals surface area contributed by atoms with Crippen LogP contribution in [0.5, 0.6) is 5.75 Å². The van der Waals surface area contributed by atoms with E-state index in [-0.39, 0.29) is 16.2 Å². The molecule has 2 aromatic rings. The average molecular weight is 320 g/mol. The highest BCUT2D eigenvalue weighted by molar-refractivity contribution is 7.89. The van der Waals surface area contributed by atoms with E-state index < -0.39 is 15.9 Å².